The summed E-state index contributed by atoms with van der Waals surface area (Å²) in [6.07, 6.45) is 1.56. The molecule has 24 heavy (non-hydrogen) atoms. The van der Waals surface area contributed by atoms with Crippen molar-refractivity contribution < 1.29 is 0 Å². The molecule has 0 saturated heterocycles. The summed E-state index contributed by atoms with van der Waals surface area (Å²) in [5.74, 6) is 0. The molecular weight excluding hydrogens is 457 g/mol. The zero-order valence-corrected chi connectivity index (χ0v) is 16.5. The summed E-state index contributed by atoms with van der Waals surface area (Å²) >= 11 is 12.9. The minimum atomic E-state index is -0.149. The molecule has 0 aliphatic carbocycles. The van der Waals surface area contributed by atoms with Crippen LogP contribution < -0.4 is 5.56 Å². The number of aromatic amines is 1. The standard InChI is InChI=1S/C17H12Br2ClN3O/c1-10-13(9-21-16-14(18)7-11(20)8-15(16)19)17(24)23(22-10)12-5-3-2-4-6-12/h2-9,22H,1H3. The molecule has 0 unspecified atom stereocenters. The van der Waals surface area contributed by atoms with E-state index in [-0.39, 0.29) is 5.56 Å². The number of hydrogen-bond donors (Lipinski definition) is 1. The van der Waals surface area contributed by atoms with E-state index in [1.807, 2.05) is 37.3 Å². The van der Waals surface area contributed by atoms with Crippen LogP contribution in [0.25, 0.3) is 5.69 Å². The molecule has 1 aromatic heterocycles. The molecule has 4 nitrogen and oxygen atoms in total. The van der Waals surface area contributed by atoms with Crippen LogP contribution in [0.2, 0.25) is 5.02 Å². The molecule has 0 aliphatic heterocycles. The van der Waals surface area contributed by atoms with Crippen LogP contribution in [0, 0.1) is 6.92 Å². The first kappa shape index (κ1) is 17.2. The number of aliphatic imine (C=N–C) groups is 1. The molecule has 0 bridgehead atoms. The maximum Gasteiger partial charge on any atom is 0.280 e. The molecule has 0 amide bonds. The van der Waals surface area contributed by atoms with Crippen molar-refractivity contribution in [1.82, 2.24) is 9.78 Å². The van der Waals surface area contributed by atoms with Gasteiger partial charge in [0.2, 0.25) is 0 Å². The van der Waals surface area contributed by atoms with Gasteiger partial charge in [-0.3, -0.25) is 14.9 Å². The molecule has 3 rings (SSSR count). The summed E-state index contributed by atoms with van der Waals surface area (Å²) in [4.78, 5) is 17.1. The third-order valence-electron chi connectivity index (χ3n) is 3.44. The van der Waals surface area contributed by atoms with Crippen LogP contribution in [0.4, 0.5) is 5.69 Å². The van der Waals surface area contributed by atoms with Crippen molar-refractivity contribution >= 4 is 55.4 Å². The van der Waals surface area contributed by atoms with Crippen molar-refractivity contribution in [3.63, 3.8) is 0 Å². The van der Waals surface area contributed by atoms with Crippen molar-refractivity contribution in [2.75, 3.05) is 0 Å². The quantitative estimate of drug-likeness (QED) is 0.513. The van der Waals surface area contributed by atoms with Crippen molar-refractivity contribution in [2.24, 2.45) is 4.99 Å². The van der Waals surface area contributed by atoms with Crippen molar-refractivity contribution in [1.29, 1.82) is 0 Å². The normalized spacial score (nSPS) is 11.3. The highest BCUT2D eigenvalue weighted by Crippen LogP contribution is 2.36. The molecule has 0 radical (unpaired) electrons. The lowest BCUT2D eigenvalue weighted by Crippen LogP contribution is -2.17. The van der Waals surface area contributed by atoms with Crippen LogP contribution in [0.15, 0.2) is 61.2 Å². The second kappa shape index (κ2) is 7.09. The van der Waals surface area contributed by atoms with Gasteiger partial charge in [0.05, 0.1) is 16.9 Å². The van der Waals surface area contributed by atoms with Crippen LogP contribution in [-0.4, -0.2) is 16.0 Å². The molecule has 0 atom stereocenters. The number of para-hydroxylation sites is 1. The molecule has 0 saturated carbocycles. The van der Waals surface area contributed by atoms with Gasteiger partial charge in [0.25, 0.3) is 5.56 Å². The summed E-state index contributed by atoms with van der Waals surface area (Å²) in [5, 5.41) is 3.67. The number of aryl methyl sites for hydroxylation is 1. The number of aromatic nitrogens is 2. The van der Waals surface area contributed by atoms with E-state index in [1.54, 1.807) is 18.3 Å². The monoisotopic (exact) mass is 467 g/mol. The van der Waals surface area contributed by atoms with E-state index in [4.69, 9.17) is 11.6 Å². The second-order valence-corrected chi connectivity index (χ2v) is 7.25. The van der Waals surface area contributed by atoms with E-state index < -0.39 is 0 Å². The molecule has 3 aromatic rings. The minimum absolute atomic E-state index is 0.149. The highest BCUT2D eigenvalue weighted by molar-refractivity contribution is 9.11. The van der Waals surface area contributed by atoms with E-state index in [0.717, 1.165) is 20.3 Å². The second-order valence-electron chi connectivity index (χ2n) is 5.10. The van der Waals surface area contributed by atoms with Crippen molar-refractivity contribution in [3.8, 4) is 5.69 Å². The van der Waals surface area contributed by atoms with Gasteiger partial charge in [-0.2, -0.15) is 0 Å². The number of H-pyrrole nitrogens is 1. The largest absolute Gasteiger partial charge is 0.295 e. The van der Waals surface area contributed by atoms with Gasteiger partial charge in [-0.05, 0) is 63.0 Å². The van der Waals surface area contributed by atoms with Crippen molar-refractivity contribution in [3.05, 3.63) is 78.0 Å². The third kappa shape index (κ3) is 3.41. The number of halogens is 3. The fourth-order valence-electron chi connectivity index (χ4n) is 2.26. The van der Waals surface area contributed by atoms with Crippen LogP contribution >= 0.6 is 43.5 Å². The van der Waals surface area contributed by atoms with Gasteiger partial charge in [-0.1, -0.05) is 29.8 Å². The molecule has 2 aromatic carbocycles. The molecule has 0 fully saturated rings. The average molecular weight is 470 g/mol. The Labute approximate surface area is 160 Å². The van der Waals surface area contributed by atoms with E-state index in [0.29, 0.717) is 16.3 Å². The number of benzene rings is 2. The van der Waals surface area contributed by atoms with Crippen LogP contribution in [-0.2, 0) is 0 Å². The molecule has 0 spiro atoms. The summed E-state index contributed by atoms with van der Waals surface area (Å²) in [7, 11) is 0. The maximum atomic E-state index is 12.6. The predicted octanol–water partition coefficient (Wildman–Crippen LogP) is 5.40. The fraction of sp³-hybridized carbons (Fsp3) is 0.0588. The number of rotatable bonds is 3. The lowest BCUT2D eigenvalue weighted by Gasteiger charge is -2.02. The molecule has 1 N–H and O–H groups in total. The third-order valence-corrected chi connectivity index (χ3v) is 4.86. The summed E-state index contributed by atoms with van der Waals surface area (Å²) in [6.45, 7) is 1.84. The van der Waals surface area contributed by atoms with Crippen molar-refractivity contribution in [2.45, 2.75) is 6.92 Å². The molecule has 7 heteroatoms. The Morgan fingerprint density at radius 3 is 2.42 bits per heavy atom. The lowest BCUT2D eigenvalue weighted by molar-refractivity contribution is 0.835. The first-order valence-electron chi connectivity index (χ1n) is 7.03. The fourth-order valence-corrected chi connectivity index (χ4v) is 4.13. The average Bonchev–Trinajstić information content (AvgIpc) is 2.82. The maximum absolute atomic E-state index is 12.6. The topological polar surface area (TPSA) is 50.1 Å². The predicted molar refractivity (Wildman–Crippen MR) is 105 cm³/mol. The number of nitrogens with zero attached hydrogens (tertiary/aromatic N) is 2. The van der Waals surface area contributed by atoms with Gasteiger partial charge < -0.3 is 0 Å². The highest BCUT2D eigenvalue weighted by atomic mass is 79.9. The van der Waals surface area contributed by atoms with E-state index in [9.17, 15) is 4.79 Å². The van der Waals surface area contributed by atoms with Crippen LogP contribution in [0.3, 0.4) is 0 Å². The van der Waals surface area contributed by atoms with Gasteiger partial charge in [0.1, 0.15) is 0 Å². The minimum Gasteiger partial charge on any atom is -0.295 e. The Morgan fingerprint density at radius 2 is 1.79 bits per heavy atom. The molecule has 0 aliphatic rings. The Morgan fingerprint density at radius 1 is 1.17 bits per heavy atom. The molecule has 122 valence electrons. The van der Waals surface area contributed by atoms with E-state index in [2.05, 4.69) is 42.0 Å². The SMILES string of the molecule is Cc1[nH]n(-c2ccccc2)c(=O)c1C=Nc1c(Br)cc(Cl)cc1Br. The first-order valence-corrected chi connectivity index (χ1v) is 8.99. The lowest BCUT2D eigenvalue weighted by atomic mass is 10.2. The Kier molecular flexibility index (Phi) is 5.08. The Balaban J connectivity index is 2.03. The van der Waals surface area contributed by atoms with E-state index in [1.165, 1.54) is 4.68 Å². The highest BCUT2D eigenvalue weighted by Gasteiger charge is 2.11. The Bertz CT molecular complexity index is 954. The van der Waals surface area contributed by atoms with Crippen LogP contribution in [0.1, 0.15) is 11.3 Å². The number of nitrogens with one attached hydrogen (secondary N) is 1. The summed E-state index contributed by atoms with van der Waals surface area (Å²) < 4.78 is 2.99. The number of hydrogen-bond acceptors (Lipinski definition) is 2. The van der Waals surface area contributed by atoms with Gasteiger partial charge in [0.15, 0.2) is 0 Å². The zero-order valence-electron chi connectivity index (χ0n) is 12.6. The van der Waals surface area contributed by atoms with Crippen LogP contribution in [0.5, 0.6) is 0 Å². The van der Waals surface area contributed by atoms with Gasteiger partial charge in [-0.15, -0.1) is 0 Å². The first-order chi connectivity index (χ1) is 11.5. The van der Waals surface area contributed by atoms with Gasteiger partial charge in [0, 0.05) is 25.9 Å². The van der Waals surface area contributed by atoms with E-state index >= 15 is 0 Å². The molecular formula is C17H12Br2ClN3O. The van der Waals surface area contributed by atoms with Gasteiger partial charge >= 0.3 is 0 Å². The molecule has 1 heterocycles. The summed E-state index contributed by atoms with van der Waals surface area (Å²) in [6, 6.07) is 12.9. The smallest absolute Gasteiger partial charge is 0.280 e. The van der Waals surface area contributed by atoms with Gasteiger partial charge in [-0.25, -0.2) is 4.68 Å². The Hall–Kier alpha value is -1.63. The summed E-state index contributed by atoms with van der Waals surface area (Å²) in [5.41, 5.74) is 2.55. The zero-order chi connectivity index (χ0) is 17.3.